The van der Waals surface area contributed by atoms with Crippen molar-refractivity contribution in [3.8, 4) is 12.5 Å². The molecule has 0 fully saturated rings. The van der Waals surface area contributed by atoms with Crippen molar-refractivity contribution in [2.75, 3.05) is 0 Å². The van der Waals surface area contributed by atoms with E-state index in [4.69, 9.17) is 10.5 Å². The largest absolute Gasteiger partial charge is 0.384 e. The molecule has 14 heavy (non-hydrogen) atoms. The summed E-state index contributed by atoms with van der Waals surface area (Å²) in [6.07, 6.45) is 2.54. The van der Waals surface area contributed by atoms with Crippen LogP contribution in [0.3, 0.4) is 0 Å². The predicted octanol–water partition coefficient (Wildman–Crippen LogP) is 1.55. The number of benzene rings is 1. The fourth-order valence-corrected chi connectivity index (χ4v) is 1.03. The minimum atomic E-state index is -0.826. The van der Waals surface area contributed by atoms with Gasteiger partial charge in [-0.15, -0.1) is 0 Å². The Morgan fingerprint density at radius 3 is 2.14 bits per heavy atom. The van der Waals surface area contributed by atoms with E-state index < -0.39 is 6.29 Å². The van der Waals surface area contributed by atoms with Crippen LogP contribution in [0.1, 0.15) is 5.56 Å². The second-order valence-corrected chi connectivity index (χ2v) is 2.54. The zero-order valence-electron chi connectivity index (χ0n) is 7.38. The van der Waals surface area contributed by atoms with Crippen LogP contribution in [0.25, 0.3) is 0 Å². The maximum Gasteiger partial charge on any atom is 0.289 e. The molecule has 0 aliphatic rings. The van der Waals surface area contributed by atoms with Gasteiger partial charge in [0.1, 0.15) is 0 Å². The van der Waals surface area contributed by atoms with Crippen LogP contribution < -0.4 is 0 Å². The van der Waals surface area contributed by atoms with Crippen molar-refractivity contribution < 1.29 is 9.47 Å². The Kier molecular flexibility index (Phi) is 3.85. The van der Waals surface area contributed by atoms with Crippen molar-refractivity contribution in [3.05, 3.63) is 35.9 Å². The Bertz CT molecular complexity index is 335. The maximum absolute atomic E-state index is 8.28. The molecule has 0 N–H and O–H groups in total. The topological polar surface area (TPSA) is 66.0 Å². The Morgan fingerprint density at radius 1 is 1.07 bits per heavy atom. The SMILES string of the molecule is N#COC(Cc1ccccc1)OC#N. The molecule has 1 aromatic rings. The van der Waals surface area contributed by atoms with Gasteiger partial charge >= 0.3 is 0 Å². The summed E-state index contributed by atoms with van der Waals surface area (Å²) in [5, 5.41) is 16.6. The third kappa shape index (κ3) is 3.04. The molecule has 0 aliphatic carbocycles. The number of nitrogens with zero attached hydrogens (tertiary/aromatic N) is 2. The second kappa shape index (κ2) is 5.45. The summed E-state index contributed by atoms with van der Waals surface area (Å²) in [5.41, 5.74) is 0.947. The first-order valence-corrected chi connectivity index (χ1v) is 4.00. The molecule has 4 heteroatoms. The van der Waals surface area contributed by atoms with Gasteiger partial charge in [-0.1, -0.05) is 30.3 Å². The lowest BCUT2D eigenvalue weighted by atomic mass is 10.1. The predicted molar refractivity (Wildman–Crippen MR) is 47.3 cm³/mol. The lowest BCUT2D eigenvalue weighted by Gasteiger charge is -2.09. The first kappa shape index (κ1) is 9.88. The van der Waals surface area contributed by atoms with E-state index in [9.17, 15) is 0 Å². The fourth-order valence-electron chi connectivity index (χ4n) is 1.03. The van der Waals surface area contributed by atoms with Crippen molar-refractivity contribution in [2.24, 2.45) is 0 Å². The Balaban J connectivity index is 2.57. The average Bonchev–Trinajstić information content (AvgIpc) is 2.20. The summed E-state index contributed by atoms with van der Waals surface area (Å²) in [5.74, 6) is 0. The Morgan fingerprint density at radius 2 is 1.64 bits per heavy atom. The van der Waals surface area contributed by atoms with E-state index in [1.54, 1.807) is 0 Å². The van der Waals surface area contributed by atoms with Crippen LogP contribution in [-0.4, -0.2) is 6.29 Å². The highest BCUT2D eigenvalue weighted by Crippen LogP contribution is 2.06. The van der Waals surface area contributed by atoms with Crippen molar-refractivity contribution in [2.45, 2.75) is 12.7 Å². The van der Waals surface area contributed by atoms with Crippen LogP contribution in [0.4, 0.5) is 0 Å². The summed E-state index contributed by atoms with van der Waals surface area (Å²) in [6.45, 7) is 0. The number of hydrogen-bond donors (Lipinski definition) is 0. The van der Waals surface area contributed by atoms with E-state index in [2.05, 4.69) is 9.47 Å². The molecule has 0 saturated carbocycles. The van der Waals surface area contributed by atoms with Gasteiger partial charge in [-0.2, -0.15) is 10.5 Å². The van der Waals surface area contributed by atoms with Gasteiger partial charge in [-0.25, -0.2) is 0 Å². The number of nitriles is 2. The molecule has 0 amide bonds. The number of ether oxygens (including phenoxy) is 2. The molecule has 70 valence electrons. The molecule has 0 atom stereocenters. The fraction of sp³-hybridized carbons (Fsp3) is 0.200. The van der Waals surface area contributed by atoms with Gasteiger partial charge in [0.15, 0.2) is 0 Å². The first-order chi connectivity index (χ1) is 6.86. The van der Waals surface area contributed by atoms with Crippen molar-refractivity contribution in [1.29, 1.82) is 10.5 Å². The van der Waals surface area contributed by atoms with Gasteiger partial charge in [-0.05, 0) is 5.56 Å². The smallest absolute Gasteiger partial charge is 0.289 e. The highest BCUT2D eigenvalue weighted by atomic mass is 16.7. The average molecular weight is 188 g/mol. The molecule has 1 aromatic carbocycles. The van der Waals surface area contributed by atoms with E-state index in [-0.39, 0.29) is 0 Å². The summed E-state index contributed by atoms with van der Waals surface area (Å²) in [4.78, 5) is 0. The minimum Gasteiger partial charge on any atom is -0.384 e. The van der Waals surface area contributed by atoms with Crippen LogP contribution in [0.2, 0.25) is 0 Å². The normalized spacial score (nSPS) is 8.79. The van der Waals surface area contributed by atoms with Gasteiger partial charge in [0.2, 0.25) is 0 Å². The zero-order chi connectivity index (χ0) is 10.2. The van der Waals surface area contributed by atoms with E-state index in [1.165, 1.54) is 12.5 Å². The highest BCUT2D eigenvalue weighted by molar-refractivity contribution is 5.15. The van der Waals surface area contributed by atoms with Crippen LogP contribution in [0, 0.1) is 23.0 Å². The molecular weight excluding hydrogens is 180 g/mol. The molecule has 4 nitrogen and oxygen atoms in total. The molecule has 0 unspecified atom stereocenters. The summed E-state index contributed by atoms with van der Waals surface area (Å²) in [7, 11) is 0. The lowest BCUT2D eigenvalue weighted by molar-refractivity contribution is -0.0422. The summed E-state index contributed by atoms with van der Waals surface area (Å²) < 4.78 is 9.09. The van der Waals surface area contributed by atoms with Gasteiger partial charge in [0.25, 0.3) is 18.8 Å². The van der Waals surface area contributed by atoms with Gasteiger partial charge in [0, 0.05) is 6.42 Å². The van der Waals surface area contributed by atoms with Crippen LogP contribution in [0.15, 0.2) is 30.3 Å². The zero-order valence-corrected chi connectivity index (χ0v) is 7.38. The van der Waals surface area contributed by atoms with Gasteiger partial charge in [0.05, 0.1) is 0 Å². The Hall–Kier alpha value is -2.20. The molecular formula is C10H8N2O2. The minimum absolute atomic E-state index is 0.377. The summed E-state index contributed by atoms with van der Waals surface area (Å²) >= 11 is 0. The van der Waals surface area contributed by atoms with Crippen LogP contribution in [-0.2, 0) is 15.9 Å². The van der Waals surface area contributed by atoms with Crippen LogP contribution >= 0.6 is 0 Å². The van der Waals surface area contributed by atoms with Crippen molar-refractivity contribution in [3.63, 3.8) is 0 Å². The molecule has 1 rings (SSSR count). The summed E-state index contributed by atoms with van der Waals surface area (Å²) in [6, 6.07) is 9.36. The van der Waals surface area contributed by atoms with E-state index in [1.807, 2.05) is 30.3 Å². The lowest BCUT2D eigenvalue weighted by Crippen LogP contribution is -2.15. The standard InChI is InChI=1S/C10H8N2O2/c11-7-13-10(14-8-12)6-9-4-2-1-3-5-9/h1-5,10H,6H2. The molecule has 0 spiro atoms. The van der Waals surface area contributed by atoms with E-state index in [0.717, 1.165) is 5.56 Å². The molecule has 0 heterocycles. The quantitative estimate of drug-likeness (QED) is 0.531. The molecule has 0 aromatic heterocycles. The maximum atomic E-state index is 8.28. The molecule has 0 aliphatic heterocycles. The highest BCUT2D eigenvalue weighted by Gasteiger charge is 2.10. The third-order valence-electron chi connectivity index (χ3n) is 1.61. The second-order valence-electron chi connectivity index (χ2n) is 2.54. The molecule has 0 radical (unpaired) electrons. The Labute approximate surface area is 81.9 Å². The van der Waals surface area contributed by atoms with Crippen molar-refractivity contribution in [1.82, 2.24) is 0 Å². The first-order valence-electron chi connectivity index (χ1n) is 4.00. The number of rotatable bonds is 4. The van der Waals surface area contributed by atoms with Gasteiger partial charge < -0.3 is 9.47 Å². The monoisotopic (exact) mass is 188 g/mol. The third-order valence-corrected chi connectivity index (χ3v) is 1.61. The van der Waals surface area contributed by atoms with Crippen LogP contribution in [0.5, 0.6) is 0 Å². The van der Waals surface area contributed by atoms with Gasteiger partial charge in [-0.3, -0.25) is 0 Å². The molecule has 0 bridgehead atoms. The molecule has 0 saturated heterocycles. The van der Waals surface area contributed by atoms with E-state index >= 15 is 0 Å². The number of hydrogen-bond acceptors (Lipinski definition) is 4. The van der Waals surface area contributed by atoms with Crippen molar-refractivity contribution >= 4 is 0 Å². The van der Waals surface area contributed by atoms with E-state index in [0.29, 0.717) is 6.42 Å².